The Kier molecular flexibility index (Phi) is 11.6. The Hall–Kier alpha value is -0.770. The number of carbonyl (C=O) groups excluding carboxylic acids is 1. The van der Waals surface area contributed by atoms with E-state index in [4.69, 9.17) is 9.73 Å². The molecule has 2 saturated heterocycles. The summed E-state index contributed by atoms with van der Waals surface area (Å²) in [5.74, 6) is 0.969. The number of nitrogens with one attached hydrogen (secondary N) is 2. The highest BCUT2D eigenvalue weighted by atomic mass is 127. The summed E-state index contributed by atoms with van der Waals surface area (Å²) in [6, 6.07) is 0.642. The second kappa shape index (κ2) is 12.8. The first-order valence-corrected chi connectivity index (χ1v) is 11.1. The van der Waals surface area contributed by atoms with E-state index in [0.717, 1.165) is 38.4 Å². The molecule has 2 N–H and O–H groups in total. The van der Waals surface area contributed by atoms with Crippen molar-refractivity contribution < 1.29 is 9.53 Å². The van der Waals surface area contributed by atoms with Crippen molar-refractivity contribution in [2.45, 2.75) is 84.4 Å². The first-order chi connectivity index (χ1) is 13.3. The molecule has 1 amide bonds. The number of amides is 1. The summed E-state index contributed by atoms with van der Waals surface area (Å²) >= 11 is 0. The monoisotopic (exact) mass is 523 g/mol. The molecule has 0 radical (unpaired) electrons. The third-order valence-corrected chi connectivity index (χ3v) is 5.27. The van der Waals surface area contributed by atoms with Crippen molar-refractivity contribution in [1.82, 2.24) is 20.4 Å². The quantitative estimate of drug-likeness (QED) is 0.304. The number of alkyl carbamates (subject to hydrolysis) is 1. The molecule has 0 aromatic carbocycles. The van der Waals surface area contributed by atoms with Crippen LogP contribution in [0.15, 0.2) is 4.99 Å². The van der Waals surface area contributed by atoms with Gasteiger partial charge in [-0.1, -0.05) is 13.3 Å². The van der Waals surface area contributed by atoms with E-state index < -0.39 is 5.60 Å². The van der Waals surface area contributed by atoms with Crippen LogP contribution >= 0.6 is 24.0 Å². The molecule has 2 heterocycles. The average Bonchev–Trinajstić information content (AvgIpc) is 3.27. The molecule has 2 unspecified atom stereocenters. The fourth-order valence-corrected chi connectivity index (χ4v) is 3.99. The molecule has 29 heavy (non-hydrogen) atoms. The van der Waals surface area contributed by atoms with E-state index in [9.17, 15) is 4.79 Å². The smallest absolute Gasteiger partial charge is 0.407 e. The van der Waals surface area contributed by atoms with Gasteiger partial charge in [-0.05, 0) is 66.5 Å². The molecule has 0 saturated carbocycles. The third-order valence-electron chi connectivity index (χ3n) is 5.27. The number of hydrogen-bond donors (Lipinski definition) is 2. The van der Waals surface area contributed by atoms with E-state index in [1.807, 2.05) is 20.8 Å². The number of guanidine groups is 1. The zero-order valence-electron chi connectivity index (χ0n) is 19.0. The normalized spacial score (nSPS) is 21.6. The Morgan fingerprint density at radius 1 is 1.21 bits per heavy atom. The summed E-state index contributed by atoms with van der Waals surface area (Å²) in [6.45, 7) is 15.9. The number of rotatable bonds is 7. The van der Waals surface area contributed by atoms with Crippen molar-refractivity contribution in [2.75, 3.05) is 39.3 Å². The number of aliphatic imine (C=N–C) groups is 1. The summed E-state index contributed by atoms with van der Waals surface area (Å²) in [5, 5.41) is 6.43. The molecule has 0 bridgehead atoms. The van der Waals surface area contributed by atoms with Gasteiger partial charge in [0.15, 0.2) is 5.96 Å². The predicted molar refractivity (Wildman–Crippen MR) is 130 cm³/mol. The molecule has 2 aliphatic heterocycles. The number of likely N-dealkylation sites (tertiary alicyclic amines) is 2. The molecule has 8 heteroatoms. The van der Waals surface area contributed by atoms with Gasteiger partial charge in [0.05, 0.1) is 12.6 Å². The minimum atomic E-state index is -0.487. The second-order valence-corrected chi connectivity index (χ2v) is 8.96. The lowest BCUT2D eigenvalue weighted by molar-refractivity contribution is 0.0503. The molecule has 0 aromatic heterocycles. The molecular formula is C21H42IN5O2. The van der Waals surface area contributed by atoms with Crippen molar-refractivity contribution in [3.8, 4) is 0 Å². The fraction of sp³-hybridized carbons (Fsp3) is 0.905. The standard InChI is InChI=1S/C21H41N5O2.HI/c1-6-10-17(24-20(27)28-21(3,4)5)15-23-19(22-7-2)26-14-11-18(16-26)25-12-8-9-13-25;/h17-18H,6-16H2,1-5H3,(H,22,23)(H,24,27);1H. The van der Waals surface area contributed by atoms with Gasteiger partial charge in [0, 0.05) is 25.7 Å². The fourth-order valence-electron chi connectivity index (χ4n) is 3.99. The summed E-state index contributed by atoms with van der Waals surface area (Å²) in [4.78, 5) is 22.0. The van der Waals surface area contributed by atoms with E-state index in [-0.39, 0.29) is 36.1 Å². The molecular weight excluding hydrogens is 481 g/mol. The molecule has 0 aliphatic carbocycles. The van der Waals surface area contributed by atoms with E-state index in [0.29, 0.717) is 12.6 Å². The molecule has 2 fully saturated rings. The van der Waals surface area contributed by atoms with Crippen LogP contribution in [-0.4, -0.2) is 78.8 Å². The van der Waals surface area contributed by atoms with E-state index in [2.05, 4.69) is 34.3 Å². The zero-order chi connectivity index (χ0) is 20.6. The lowest BCUT2D eigenvalue weighted by Crippen LogP contribution is -2.44. The number of carbonyl (C=O) groups is 1. The molecule has 2 atom stereocenters. The first kappa shape index (κ1) is 26.3. The van der Waals surface area contributed by atoms with Crippen molar-refractivity contribution in [2.24, 2.45) is 4.99 Å². The number of ether oxygens (including phenoxy) is 1. The van der Waals surface area contributed by atoms with E-state index in [1.54, 1.807) is 0 Å². The van der Waals surface area contributed by atoms with Gasteiger partial charge in [-0.3, -0.25) is 9.89 Å². The summed E-state index contributed by atoms with van der Waals surface area (Å²) < 4.78 is 5.41. The Morgan fingerprint density at radius 3 is 2.48 bits per heavy atom. The maximum atomic E-state index is 12.1. The highest BCUT2D eigenvalue weighted by Gasteiger charge is 2.30. The van der Waals surface area contributed by atoms with Gasteiger partial charge in [0.1, 0.15) is 5.60 Å². The van der Waals surface area contributed by atoms with Crippen LogP contribution in [0.25, 0.3) is 0 Å². The van der Waals surface area contributed by atoms with Gasteiger partial charge in [-0.2, -0.15) is 0 Å². The van der Waals surface area contributed by atoms with Gasteiger partial charge >= 0.3 is 6.09 Å². The molecule has 0 spiro atoms. The second-order valence-electron chi connectivity index (χ2n) is 8.96. The first-order valence-electron chi connectivity index (χ1n) is 11.1. The molecule has 2 aliphatic rings. The van der Waals surface area contributed by atoms with Gasteiger partial charge in [-0.25, -0.2) is 4.79 Å². The lowest BCUT2D eigenvalue weighted by Gasteiger charge is -2.26. The van der Waals surface area contributed by atoms with Crippen molar-refractivity contribution in [3.05, 3.63) is 0 Å². The van der Waals surface area contributed by atoms with Crippen LogP contribution in [0.3, 0.4) is 0 Å². The number of halogens is 1. The molecule has 2 rings (SSSR count). The summed E-state index contributed by atoms with van der Waals surface area (Å²) in [6.07, 6.45) is 5.39. The Bertz CT molecular complexity index is 518. The highest BCUT2D eigenvalue weighted by molar-refractivity contribution is 14.0. The highest BCUT2D eigenvalue weighted by Crippen LogP contribution is 2.20. The molecule has 7 nitrogen and oxygen atoms in total. The minimum absolute atomic E-state index is 0. The summed E-state index contributed by atoms with van der Waals surface area (Å²) in [5.41, 5.74) is -0.487. The van der Waals surface area contributed by atoms with Crippen LogP contribution in [0, 0.1) is 0 Å². The zero-order valence-corrected chi connectivity index (χ0v) is 21.3. The van der Waals surface area contributed by atoms with Crippen LogP contribution in [0.4, 0.5) is 4.79 Å². The van der Waals surface area contributed by atoms with Crippen LogP contribution in [0.2, 0.25) is 0 Å². The van der Waals surface area contributed by atoms with Crippen molar-refractivity contribution in [1.29, 1.82) is 0 Å². The van der Waals surface area contributed by atoms with Gasteiger partial charge < -0.3 is 20.3 Å². The molecule has 0 aromatic rings. The van der Waals surface area contributed by atoms with Gasteiger partial charge in [-0.15, -0.1) is 24.0 Å². The largest absolute Gasteiger partial charge is 0.444 e. The third kappa shape index (κ3) is 9.27. The maximum Gasteiger partial charge on any atom is 0.407 e. The SMILES string of the molecule is CCCC(CN=C(NCC)N1CCC(N2CCCC2)C1)NC(=O)OC(C)(C)C.I. The Morgan fingerprint density at radius 2 is 1.90 bits per heavy atom. The Balaban J connectivity index is 0.00000420. The van der Waals surface area contributed by atoms with Crippen LogP contribution in [0.1, 0.15) is 66.7 Å². The van der Waals surface area contributed by atoms with Crippen molar-refractivity contribution >= 4 is 36.0 Å². The van der Waals surface area contributed by atoms with Crippen LogP contribution < -0.4 is 10.6 Å². The summed E-state index contributed by atoms with van der Waals surface area (Å²) in [7, 11) is 0. The van der Waals surface area contributed by atoms with E-state index in [1.165, 1.54) is 32.4 Å². The average molecular weight is 524 g/mol. The number of hydrogen-bond acceptors (Lipinski definition) is 4. The minimum Gasteiger partial charge on any atom is -0.444 e. The molecule has 170 valence electrons. The van der Waals surface area contributed by atoms with Crippen LogP contribution in [0.5, 0.6) is 0 Å². The maximum absolute atomic E-state index is 12.1. The lowest BCUT2D eigenvalue weighted by atomic mass is 10.1. The Labute approximate surface area is 194 Å². The topological polar surface area (TPSA) is 69.2 Å². The van der Waals surface area contributed by atoms with Gasteiger partial charge in [0.2, 0.25) is 0 Å². The number of nitrogens with zero attached hydrogens (tertiary/aromatic N) is 3. The van der Waals surface area contributed by atoms with E-state index >= 15 is 0 Å². The van der Waals surface area contributed by atoms with Gasteiger partial charge in [0.25, 0.3) is 0 Å². The van der Waals surface area contributed by atoms with Crippen molar-refractivity contribution in [3.63, 3.8) is 0 Å². The predicted octanol–water partition coefficient (Wildman–Crippen LogP) is 3.43. The van der Waals surface area contributed by atoms with Crippen LogP contribution in [-0.2, 0) is 4.74 Å².